The van der Waals surface area contributed by atoms with Crippen LogP contribution in [0.2, 0.25) is 0 Å². The van der Waals surface area contributed by atoms with Gasteiger partial charge in [0.15, 0.2) is 0 Å². The van der Waals surface area contributed by atoms with Crippen molar-refractivity contribution in [3.8, 4) is 0 Å². The van der Waals surface area contributed by atoms with Crippen LogP contribution in [0, 0.1) is 0 Å². The molecule has 0 aromatic carbocycles. The molecule has 0 aliphatic carbocycles. The normalized spacial score (nSPS) is 11.4. The molecule has 0 heterocycles. The van der Waals surface area contributed by atoms with Gasteiger partial charge < -0.3 is 20.1 Å². The highest BCUT2D eigenvalue weighted by Gasteiger charge is 2.16. The number of methoxy groups -OCH3 is 1. The molecular formula is C17H34N2O5. The first-order valence-electron chi connectivity index (χ1n) is 8.38. The van der Waals surface area contributed by atoms with E-state index >= 15 is 0 Å². The van der Waals surface area contributed by atoms with Crippen LogP contribution in [-0.2, 0) is 19.1 Å². The number of carbonyl (C=O) groups excluding carboxylic acids is 3. The highest BCUT2D eigenvalue weighted by atomic mass is 16.6. The highest BCUT2D eigenvalue weighted by Crippen LogP contribution is 2.06. The number of rotatable bonds is 9. The topological polar surface area (TPSA) is 93.7 Å². The van der Waals surface area contributed by atoms with Crippen LogP contribution in [0.3, 0.4) is 0 Å². The van der Waals surface area contributed by atoms with Crippen LogP contribution in [0.1, 0.15) is 66.7 Å². The predicted octanol–water partition coefficient (Wildman–Crippen LogP) is 2.78. The summed E-state index contributed by atoms with van der Waals surface area (Å²) in [7, 11) is 1.31. The zero-order valence-corrected chi connectivity index (χ0v) is 15.9. The van der Waals surface area contributed by atoms with Gasteiger partial charge in [0.25, 0.3) is 6.47 Å². The molecule has 0 rings (SSSR count). The summed E-state index contributed by atoms with van der Waals surface area (Å²) in [6.07, 6.45) is 3.99. The molecule has 142 valence electrons. The Labute approximate surface area is 145 Å². The molecule has 0 aromatic rings. The number of ether oxygens (including phenoxy) is 2. The lowest BCUT2D eigenvalue weighted by atomic mass is 10.2. The summed E-state index contributed by atoms with van der Waals surface area (Å²) in [5.74, 6) is 0.0863. The molecule has 0 aromatic heterocycles. The van der Waals surface area contributed by atoms with Crippen LogP contribution < -0.4 is 10.6 Å². The molecule has 1 unspecified atom stereocenters. The summed E-state index contributed by atoms with van der Waals surface area (Å²) < 4.78 is 8.99. The van der Waals surface area contributed by atoms with Crippen molar-refractivity contribution in [1.82, 2.24) is 10.6 Å². The number of amides is 2. The van der Waals surface area contributed by atoms with Gasteiger partial charge in [0.1, 0.15) is 5.60 Å². The molecular weight excluding hydrogens is 312 g/mol. The summed E-state index contributed by atoms with van der Waals surface area (Å²) in [6.45, 7) is 10.4. The van der Waals surface area contributed by atoms with Crippen molar-refractivity contribution in [3.05, 3.63) is 0 Å². The summed E-state index contributed by atoms with van der Waals surface area (Å²) in [5, 5.41) is 5.61. The molecule has 0 bridgehead atoms. The smallest absolute Gasteiger partial charge is 0.407 e. The minimum atomic E-state index is -0.483. The molecule has 24 heavy (non-hydrogen) atoms. The van der Waals surface area contributed by atoms with Crippen molar-refractivity contribution in [2.24, 2.45) is 0 Å². The third-order valence-corrected chi connectivity index (χ3v) is 2.76. The first-order chi connectivity index (χ1) is 11.2. The summed E-state index contributed by atoms with van der Waals surface area (Å²) >= 11 is 0. The fourth-order valence-electron chi connectivity index (χ4n) is 1.66. The fourth-order valence-corrected chi connectivity index (χ4v) is 1.66. The molecule has 1 atom stereocenters. The Kier molecular flexibility index (Phi) is 15.1. The number of hydrogen-bond donors (Lipinski definition) is 2. The molecule has 0 aliphatic rings. The Morgan fingerprint density at radius 3 is 2.25 bits per heavy atom. The minimum Gasteiger partial charge on any atom is -0.471 e. The third-order valence-electron chi connectivity index (χ3n) is 2.76. The molecule has 2 N–H and O–H groups in total. The SMILES string of the molecule is CCCCCC(=O)NC(C)CCNC(=O)OC(C)(C)C.COC=O. The Balaban J connectivity index is 0. The lowest BCUT2D eigenvalue weighted by Crippen LogP contribution is -2.37. The van der Waals surface area contributed by atoms with Gasteiger partial charge in [0.05, 0.1) is 7.11 Å². The first-order valence-corrected chi connectivity index (χ1v) is 8.38. The zero-order chi connectivity index (χ0) is 19.0. The largest absolute Gasteiger partial charge is 0.471 e. The van der Waals surface area contributed by atoms with E-state index in [4.69, 9.17) is 9.53 Å². The summed E-state index contributed by atoms with van der Waals surface area (Å²) in [5.41, 5.74) is -0.483. The van der Waals surface area contributed by atoms with E-state index in [-0.39, 0.29) is 11.9 Å². The van der Waals surface area contributed by atoms with Gasteiger partial charge in [0, 0.05) is 19.0 Å². The second-order valence-electron chi connectivity index (χ2n) is 6.47. The quantitative estimate of drug-likeness (QED) is 0.494. The van der Waals surface area contributed by atoms with Crippen molar-refractivity contribution in [3.63, 3.8) is 0 Å². The average molecular weight is 346 g/mol. The second-order valence-corrected chi connectivity index (χ2v) is 6.47. The van der Waals surface area contributed by atoms with E-state index in [2.05, 4.69) is 22.3 Å². The van der Waals surface area contributed by atoms with E-state index in [0.717, 1.165) is 19.3 Å². The molecule has 0 spiro atoms. The number of hydrogen-bond acceptors (Lipinski definition) is 5. The maximum atomic E-state index is 11.6. The van der Waals surface area contributed by atoms with Crippen molar-refractivity contribution >= 4 is 18.5 Å². The van der Waals surface area contributed by atoms with Gasteiger partial charge in [-0.15, -0.1) is 0 Å². The van der Waals surface area contributed by atoms with Crippen molar-refractivity contribution in [2.45, 2.75) is 78.4 Å². The lowest BCUT2D eigenvalue weighted by molar-refractivity contribution is -0.126. The molecule has 0 saturated carbocycles. The number of nitrogens with one attached hydrogen (secondary N) is 2. The number of unbranched alkanes of at least 4 members (excludes halogenated alkanes) is 2. The van der Waals surface area contributed by atoms with E-state index in [9.17, 15) is 9.59 Å². The molecule has 0 fully saturated rings. The fraction of sp³-hybridized carbons (Fsp3) is 0.824. The van der Waals surface area contributed by atoms with Crippen molar-refractivity contribution in [2.75, 3.05) is 13.7 Å². The first kappa shape index (κ1) is 24.5. The number of alkyl carbamates (subject to hydrolysis) is 1. The molecule has 0 radical (unpaired) electrons. The molecule has 2 amide bonds. The Hall–Kier alpha value is -1.79. The van der Waals surface area contributed by atoms with Gasteiger partial charge >= 0.3 is 6.09 Å². The van der Waals surface area contributed by atoms with E-state index in [1.54, 1.807) is 0 Å². The van der Waals surface area contributed by atoms with Crippen molar-refractivity contribution < 1.29 is 23.9 Å². The van der Waals surface area contributed by atoms with E-state index in [1.165, 1.54) is 7.11 Å². The standard InChI is InChI=1S/C15H30N2O3.C2H4O2/c1-6-7-8-9-13(18)17-12(2)10-11-16-14(19)20-15(3,4)5;1-4-2-3/h12H,6-11H2,1-5H3,(H,16,19)(H,17,18);2H,1H3. The molecule has 7 nitrogen and oxygen atoms in total. The minimum absolute atomic E-state index is 0.0547. The van der Waals surface area contributed by atoms with Gasteiger partial charge in [-0.05, 0) is 40.5 Å². The summed E-state index contributed by atoms with van der Waals surface area (Å²) in [4.78, 5) is 32.0. The maximum absolute atomic E-state index is 11.6. The van der Waals surface area contributed by atoms with E-state index in [0.29, 0.717) is 25.9 Å². The van der Waals surface area contributed by atoms with Crippen LogP contribution in [0.4, 0.5) is 4.79 Å². The molecule has 0 aliphatic heterocycles. The average Bonchev–Trinajstić information content (AvgIpc) is 2.45. The summed E-state index contributed by atoms with van der Waals surface area (Å²) in [6, 6.07) is 0.0547. The maximum Gasteiger partial charge on any atom is 0.407 e. The van der Waals surface area contributed by atoms with E-state index < -0.39 is 11.7 Å². The second kappa shape index (κ2) is 14.8. The molecule has 0 saturated heterocycles. The van der Waals surface area contributed by atoms with Gasteiger partial charge in [0.2, 0.25) is 5.91 Å². The van der Waals surface area contributed by atoms with Crippen molar-refractivity contribution in [1.29, 1.82) is 0 Å². The lowest BCUT2D eigenvalue weighted by Gasteiger charge is -2.20. The van der Waals surface area contributed by atoms with Gasteiger partial charge in [-0.1, -0.05) is 19.8 Å². The van der Waals surface area contributed by atoms with Crippen LogP contribution in [0.25, 0.3) is 0 Å². The van der Waals surface area contributed by atoms with Crippen LogP contribution in [0.5, 0.6) is 0 Å². The Bertz CT molecular complexity index is 353. The Morgan fingerprint density at radius 1 is 1.21 bits per heavy atom. The van der Waals surface area contributed by atoms with Crippen LogP contribution in [-0.4, -0.2) is 43.8 Å². The van der Waals surface area contributed by atoms with Gasteiger partial charge in [-0.2, -0.15) is 0 Å². The van der Waals surface area contributed by atoms with Gasteiger partial charge in [-0.3, -0.25) is 9.59 Å². The zero-order valence-electron chi connectivity index (χ0n) is 15.9. The van der Waals surface area contributed by atoms with E-state index in [1.807, 2.05) is 27.7 Å². The highest BCUT2D eigenvalue weighted by molar-refractivity contribution is 5.76. The van der Waals surface area contributed by atoms with Crippen LogP contribution in [0.15, 0.2) is 0 Å². The predicted molar refractivity (Wildman–Crippen MR) is 93.7 cm³/mol. The third kappa shape index (κ3) is 20.2. The van der Waals surface area contributed by atoms with Crippen LogP contribution >= 0.6 is 0 Å². The number of carbonyl (C=O) groups is 3. The molecule has 7 heteroatoms. The van der Waals surface area contributed by atoms with Gasteiger partial charge in [-0.25, -0.2) is 4.79 Å². The monoisotopic (exact) mass is 346 g/mol. The Morgan fingerprint density at radius 2 is 1.79 bits per heavy atom.